The van der Waals surface area contributed by atoms with E-state index in [1.54, 1.807) is 6.07 Å². The molecule has 2 nitrogen and oxygen atoms in total. The molecule has 6 heteroatoms. The van der Waals surface area contributed by atoms with Gasteiger partial charge in [0.1, 0.15) is 0 Å². The molecule has 110 valence electrons. The van der Waals surface area contributed by atoms with Crippen molar-refractivity contribution in [3.8, 4) is 0 Å². The van der Waals surface area contributed by atoms with E-state index >= 15 is 0 Å². The minimum absolute atomic E-state index is 0.203. The van der Waals surface area contributed by atoms with Crippen molar-refractivity contribution in [2.75, 3.05) is 0 Å². The van der Waals surface area contributed by atoms with Crippen molar-refractivity contribution in [2.24, 2.45) is 5.92 Å². The van der Waals surface area contributed by atoms with Gasteiger partial charge in [0.05, 0.1) is 11.5 Å². The van der Waals surface area contributed by atoms with E-state index in [2.05, 4.69) is 0 Å². The summed E-state index contributed by atoms with van der Waals surface area (Å²) in [5, 5.41) is 9.11. The van der Waals surface area contributed by atoms with Crippen LogP contribution in [-0.2, 0) is 11.0 Å². The third-order valence-corrected chi connectivity index (χ3v) is 4.82. The molecule has 0 spiro atoms. The highest BCUT2D eigenvalue weighted by Gasteiger charge is 2.31. The number of benzene rings is 1. The van der Waals surface area contributed by atoms with Gasteiger partial charge in [-0.25, -0.2) is 0 Å². The molecule has 0 unspecified atom stereocenters. The SMILES string of the molecule is O=C(O)C1CCC(Sc2cccc(C(F)(F)F)c2)CC1. The Morgan fingerprint density at radius 2 is 1.85 bits per heavy atom. The second-order valence-corrected chi connectivity index (χ2v) is 6.33. The van der Waals surface area contributed by atoms with Crippen LogP contribution in [0.5, 0.6) is 0 Å². The number of alkyl halides is 3. The first kappa shape index (κ1) is 15.2. The number of aliphatic carboxylic acids is 1. The molecule has 1 aromatic carbocycles. The Morgan fingerprint density at radius 3 is 2.40 bits per heavy atom. The summed E-state index contributed by atoms with van der Waals surface area (Å²) >= 11 is 1.42. The number of carbonyl (C=O) groups is 1. The van der Waals surface area contributed by atoms with Gasteiger partial charge in [-0.3, -0.25) is 4.79 Å². The quantitative estimate of drug-likeness (QED) is 0.897. The molecule has 1 aliphatic rings. The summed E-state index contributed by atoms with van der Waals surface area (Å²) in [6.07, 6.45) is -1.65. The van der Waals surface area contributed by atoms with Gasteiger partial charge >= 0.3 is 12.1 Å². The van der Waals surface area contributed by atoms with Gasteiger partial charge in [-0.1, -0.05) is 6.07 Å². The Labute approximate surface area is 119 Å². The third-order valence-electron chi connectivity index (χ3n) is 3.49. The highest BCUT2D eigenvalue weighted by molar-refractivity contribution is 8.00. The van der Waals surface area contributed by atoms with Gasteiger partial charge in [0.2, 0.25) is 0 Å². The molecule has 0 aliphatic heterocycles. The van der Waals surface area contributed by atoms with Crippen LogP contribution in [0.25, 0.3) is 0 Å². The molecule has 0 saturated heterocycles. The number of hydrogen-bond donors (Lipinski definition) is 1. The van der Waals surface area contributed by atoms with Gasteiger partial charge in [0.15, 0.2) is 0 Å². The van der Waals surface area contributed by atoms with Gasteiger partial charge < -0.3 is 5.11 Å². The molecule has 1 aliphatic carbocycles. The molecular weight excluding hydrogens is 289 g/mol. The summed E-state index contributed by atoms with van der Waals surface area (Å²) in [5.74, 6) is -1.07. The molecular formula is C14H15F3O2S. The summed E-state index contributed by atoms with van der Waals surface area (Å²) in [6.45, 7) is 0. The molecule has 1 N–H and O–H groups in total. The number of carboxylic acid groups (broad SMARTS) is 1. The Bertz CT molecular complexity index is 480. The van der Waals surface area contributed by atoms with Crippen LogP contribution < -0.4 is 0 Å². The second kappa shape index (κ2) is 6.08. The number of thioether (sulfide) groups is 1. The maximum absolute atomic E-state index is 12.6. The highest BCUT2D eigenvalue weighted by atomic mass is 32.2. The van der Waals surface area contributed by atoms with Crippen molar-refractivity contribution in [3.63, 3.8) is 0 Å². The lowest BCUT2D eigenvalue weighted by atomic mass is 9.89. The molecule has 1 aromatic rings. The molecule has 0 aromatic heterocycles. The molecule has 2 rings (SSSR count). The lowest BCUT2D eigenvalue weighted by Gasteiger charge is -2.25. The Balaban J connectivity index is 1.96. The third kappa shape index (κ3) is 3.91. The standard InChI is InChI=1S/C14H15F3O2S/c15-14(16,17)10-2-1-3-12(8-10)20-11-6-4-9(5-7-11)13(18)19/h1-3,8-9,11H,4-7H2,(H,18,19). The molecule has 0 amide bonds. The highest BCUT2D eigenvalue weighted by Crippen LogP contribution is 2.38. The first-order chi connectivity index (χ1) is 9.36. The lowest BCUT2D eigenvalue weighted by Crippen LogP contribution is -2.22. The first-order valence-electron chi connectivity index (χ1n) is 6.43. The van der Waals surface area contributed by atoms with Crippen LogP contribution in [-0.4, -0.2) is 16.3 Å². The van der Waals surface area contributed by atoms with Crippen LogP contribution in [0.3, 0.4) is 0 Å². The number of carboxylic acids is 1. The molecule has 0 bridgehead atoms. The topological polar surface area (TPSA) is 37.3 Å². The van der Waals surface area contributed by atoms with Crippen LogP contribution in [0, 0.1) is 5.92 Å². The molecule has 1 saturated carbocycles. The molecule has 0 radical (unpaired) electrons. The van der Waals surface area contributed by atoms with E-state index in [9.17, 15) is 18.0 Å². The van der Waals surface area contributed by atoms with Crippen molar-refractivity contribution in [2.45, 2.75) is 42.0 Å². The zero-order valence-corrected chi connectivity index (χ0v) is 11.5. The summed E-state index contributed by atoms with van der Waals surface area (Å²) in [7, 11) is 0. The molecule has 20 heavy (non-hydrogen) atoms. The second-order valence-electron chi connectivity index (χ2n) is 4.96. The summed E-state index contributed by atoms with van der Waals surface area (Å²) in [4.78, 5) is 11.4. The van der Waals surface area contributed by atoms with Crippen molar-refractivity contribution >= 4 is 17.7 Å². The van der Waals surface area contributed by atoms with Gasteiger partial charge in [-0.2, -0.15) is 13.2 Å². The fourth-order valence-corrected chi connectivity index (χ4v) is 3.61. The summed E-state index contributed by atoms with van der Waals surface area (Å²) in [5.41, 5.74) is -0.637. The van der Waals surface area contributed by atoms with Crippen LogP contribution in [0.1, 0.15) is 31.2 Å². The van der Waals surface area contributed by atoms with E-state index in [4.69, 9.17) is 5.11 Å². The van der Waals surface area contributed by atoms with E-state index in [1.165, 1.54) is 17.8 Å². The molecule has 1 fully saturated rings. The normalized spacial score (nSPS) is 23.6. The van der Waals surface area contributed by atoms with Gasteiger partial charge in [-0.05, 0) is 43.9 Å². The first-order valence-corrected chi connectivity index (χ1v) is 7.31. The fraction of sp³-hybridized carbons (Fsp3) is 0.500. The summed E-state index contributed by atoms with van der Waals surface area (Å²) in [6, 6.07) is 5.30. The molecule has 0 heterocycles. The Hall–Kier alpha value is -1.17. The maximum Gasteiger partial charge on any atom is 0.416 e. The van der Waals surface area contributed by atoms with Crippen LogP contribution in [0.2, 0.25) is 0 Å². The zero-order chi connectivity index (χ0) is 14.8. The van der Waals surface area contributed by atoms with Crippen molar-refractivity contribution in [3.05, 3.63) is 29.8 Å². The minimum atomic E-state index is -4.32. The van der Waals surface area contributed by atoms with Crippen molar-refractivity contribution < 1.29 is 23.1 Å². The van der Waals surface area contributed by atoms with E-state index in [-0.39, 0.29) is 11.2 Å². The van der Waals surface area contributed by atoms with Crippen LogP contribution >= 0.6 is 11.8 Å². The van der Waals surface area contributed by atoms with Gasteiger partial charge in [-0.15, -0.1) is 11.8 Å². The average molecular weight is 304 g/mol. The molecule has 0 atom stereocenters. The van der Waals surface area contributed by atoms with Gasteiger partial charge in [0, 0.05) is 10.1 Å². The number of rotatable bonds is 3. The van der Waals surface area contributed by atoms with Crippen molar-refractivity contribution in [1.82, 2.24) is 0 Å². The average Bonchev–Trinajstić information content (AvgIpc) is 2.38. The van der Waals surface area contributed by atoms with Crippen molar-refractivity contribution in [1.29, 1.82) is 0 Å². The largest absolute Gasteiger partial charge is 0.481 e. The smallest absolute Gasteiger partial charge is 0.416 e. The Kier molecular flexibility index (Phi) is 4.62. The lowest BCUT2D eigenvalue weighted by molar-refractivity contribution is -0.142. The van der Waals surface area contributed by atoms with Crippen LogP contribution in [0.15, 0.2) is 29.2 Å². The van der Waals surface area contributed by atoms with Gasteiger partial charge in [0.25, 0.3) is 0 Å². The predicted octanol–water partition coefficient (Wildman–Crippen LogP) is 4.44. The number of halogens is 3. The van der Waals surface area contributed by atoms with Crippen LogP contribution in [0.4, 0.5) is 13.2 Å². The summed E-state index contributed by atoms with van der Waals surface area (Å²) < 4.78 is 37.8. The van der Waals surface area contributed by atoms with E-state index in [0.29, 0.717) is 17.7 Å². The number of hydrogen-bond acceptors (Lipinski definition) is 2. The predicted molar refractivity (Wildman–Crippen MR) is 70.7 cm³/mol. The van der Waals surface area contributed by atoms with E-state index in [1.807, 2.05) is 0 Å². The minimum Gasteiger partial charge on any atom is -0.481 e. The monoisotopic (exact) mass is 304 g/mol. The Morgan fingerprint density at radius 1 is 1.20 bits per heavy atom. The fourth-order valence-electron chi connectivity index (χ4n) is 2.37. The van der Waals surface area contributed by atoms with E-state index < -0.39 is 17.7 Å². The zero-order valence-electron chi connectivity index (χ0n) is 10.7. The maximum atomic E-state index is 12.6. The van der Waals surface area contributed by atoms with E-state index in [0.717, 1.165) is 25.0 Å².